The van der Waals surface area contributed by atoms with E-state index in [9.17, 15) is 4.79 Å². The lowest BCUT2D eigenvalue weighted by molar-refractivity contribution is -0.118. The zero-order valence-electron chi connectivity index (χ0n) is 12.2. The number of hydrogen-bond donors (Lipinski definition) is 0. The highest BCUT2D eigenvalue weighted by molar-refractivity contribution is 5.96. The highest BCUT2D eigenvalue weighted by Gasteiger charge is 2.36. The van der Waals surface area contributed by atoms with Crippen LogP contribution in [0, 0.1) is 6.92 Å². The second kappa shape index (κ2) is 5.68. The summed E-state index contributed by atoms with van der Waals surface area (Å²) in [5.74, 6) is 0.570. The summed E-state index contributed by atoms with van der Waals surface area (Å²) in [6, 6.07) is 0. The molecule has 0 saturated heterocycles. The second-order valence-corrected chi connectivity index (χ2v) is 4.33. The maximum absolute atomic E-state index is 12.1. The van der Waals surface area contributed by atoms with Crippen LogP contribution in [0.3, 0.4) is 0 Å². The Labute approximate surface area is 117 Å². The predicted molar refractivity (Wildman–Crippen MR) is 70.2 cm³/mol. The van der Waals surface area contributed by atoms with E-state index in [2.05, 4.69) is 0 Å². The van der Waals surface area contributed by atoms with Gasteiger partial charge < -0.3 is 23.7 Å². The van der Waals surface area contributed by atoms with Gasteiger partial charge in [0.2, 0.25) is 0 Å². The summed E-state index contributed by atoms with van der Waals surface area (Å²) in [5, 5.41) is 0. The summed E-state index contributed by atoms with van der Waals surface area (Å²) < 4.78 is 26.5. The Hall–Kier alpha value is -1.79. The topological polar surface area (TPSA) is 63.2 Å². The fraction of sp³-hybridized carbons (Fsp3) is 0.500. The molecule has 20 heavy (non-hydrogen) atoms. The number of ether oxygens (including phenoxy) is 5. The monoisotopic (exact) mass is 282 g/mol. The van der Waals surface area contributed by atoms with E-state index in [0.29, 0.717) is 29.2 Å². The lowest BCUT2D eigenvalue weighted by Crippen LogP contribution is -2.13. The summed E-state index contributed by atoms with van der Waals surface area (Å²) in [7, 11) is 5.91. The van der Waals surface area contributed by atoms with Crippen molar-refractivity contribution in [2.45, 2.75) is 19.8 Å². The van der Waals surface area contributed by atoms with Crippen molar-refractivity contribution in [2.75, 3.05) is 28.4 Å². The second-order valence-electron chi connectivity index (χ2n) is 4.33. The van der Waals surface area contributed by atoms with Gasteiger partial charge in [0.15, 0.2) is 6.29 Å². The van der Waals surface area contributed by atoms with Crippen LogP contribution < -0.4 is 9.47 Å². The van der Waals surface area contributed by atoms with Crippen LogP contribution in [0.25, 0.3) is 0 Å². The highest BCUT2D eigenvalue weighted by Crippen LogP contribution is 2.46. The Kier molecular flexibility index (Phi) is 4.15. The quantitative estimate of drug-likeness (QED) is 0.787. The molecule has 1 aromatic carbocycles. The van der Waals surface area contributed by atoms with Gasteiger partial charge in [0.25, 0.3) is 0 Å². The third kappa shape index (κ3) is 2.01. The first kappa shape index (κ1) is 14.6. The third-order valence-electron chi connectivity index (χ3n) is 3.40. The number of carbonyl (C=O) groups excluding carboxylic acids is 1. The zero-order valence-corrected chi connectivity index (χ0v) is 12.2. The van der Waals surface area contributed by atoms with Crippen LogP contribution in [-0.2, 0) is 20.8 Å². The van der Waals surface area contributed by atoms with E-state index in [-0.39, 0.29) is 0 Å². The Morgan fingerprint density at radius 3 is 2.30 bits per heavy atom. The Morgan fingerprint density at radius 2 is 1.80 bits per heavy atom. The average Bonchev–Trinajstić information content (AvgIpc) is 2.88. The molecule has 0 radical (unpaired) electrons. The number of benzene rings is 1. The van der Waals surface area contributed by atoms with Crippen molar-refractivity contribution in [3.63, 3.8) is 0 Å². The lowest BCUT2D eigenvalue weighted by Gasteiger charge is -2.19. The summed E-state index contributed by atoms with van der Waals surface area (Å²) in [6.07, 6.45) is -0.637. The molecule has 0 saturated carbocycles. The SMILES string of the molecule is COC(=O)c1c(OC)c(C)c(OC)c2c1C(OC)OC2. The molecule has 1 aliphatic rings. The van der Waals surface area contributed by atoms with Crippen molar-refractivity contribution in [1.29, 1.82) is 0 Å². The average molecular weight is 282 g/mol. The summed E-state index contributed by atoms with van der Waals surface area (Å²) in [4.78, 5) is 12.1. The molecule has 0 spiro atoms. The molecule has 1 aliphatic heterocycles. The van der Waals surface area contributed by atoms with Crippen LogP contribution in [0.1, 0.15) is 33.3 Å². The first-order valence-corrected chi connectivity index (χ1v) is 6.10. The first-order chi connectivity index (χ1) is 9.60. The Bertz CT molecular complexity index is 537. The number of fused-ring (bicyclic) bond motifs is 1. The van der Waals surface area contributed by atoms with Crippen molar-refractivity contribution in [3.05, 3.63) is 22.3 Å². The van der Waals surface area contributed by atoms with Gasteiger partial charge in [-0.3, -0.25) is 0 Å². The molecule has 0 amide bonds. The summed E-state index contributed by atoms with van der Waals surface area (Å²) in [5.41, 5.74) is 2.46. The molecule has 0 aliphatic carbocycles. The van der Waals surface area contributed by atoms with Gasteiger partial charge in [0.1, 0.15) is 17.1 Å². The fourth-order valence-electron chi connectivity index (χ4n) is 2.58. The molecule has 6 nitrogen and oxygen atoms in total. The maximum atomic E-state index is 12.1. The Morgan fingerprint density at radius 1 is 1.15 bits per heavy atom. The Balaban J connectivity index is 2.81. The fourth-order valence-corrected chi connectivity index (χ4v) is 2.58. The van der Waals surface area contributed by atoms with Crippen molar-refractivity contribution < 1.29 is 28.5 Å². The standard InChI is InChI=1S/C14H18O6/c1-7-11(16-2)8-6-20-14(19-5)9(8)10(12(7)17-3)13(15)18-4/h14H,6H2,1-5H3. The van der Waals surface area contributed by atoms with Crippen LogP contribution >= 0.6 is 0 Å². The minimum atomic E-state index is -0.637. The van der Waals surface area contributed by atoms with Crippen LogP contribution in [0.5, 0.6) is 11.5 Å². The number of methoxy groups -OCH3 is 4. The first-order valence-electron chi connectivity index (χ1n) is 6.10. The third-order valence-corrected chi connectivity index (χ3v) is 3.40. The smallest absolute Gasteiger partial charge is 0.342 e. The number of carbonyl (C=O) groups is 1. The molecule has 2 rings (SSSR count). The number of esters is 1. The van der Waals surface area contributed by atoms with Gasteiger partial charge >= 0.3 is 5.97 Å². The van der Waals surface area contributed by atoms with Gasteiger partial charge in [-0.2, -0.15) is 0 Å². The van der Waals surface area contributed by atoms with Crippen LogP contribution in [0.2, 0.25) is 0 Å². The van der Waals surface area contributed by atoms with Crippen molar-refractivity contribution >= 4 is 5.97 Å². The normalized spacial score (nSPS) is 16.8. The van der Waals surface area contributed by atoms with Gasteiger partial charge in [-0.25, -0.2) is 4.79 Å². The molecule has 0 aromatic heterocycles. The van der Waals surface area contributed by atoms with E-state index >= 15 is 0 Å². The number of rotatable bonds is 4. The van der Waals surface area contributed by atoms with E-state index in [1.54, 1.807) is 7.11 Å². The van der Waals surface area contributed by atoms with E-state index < -0.39 is 12.3 Å². The van der Waals surface area contributed by atoms with E-state index in [1.165, 1.54) is 21.3 Å². The van der Waals surface area contributed by atoms with E-state index in [0.717, 1.165) is 11.1 Å². The molecule has 0 fully saturated rings. The van der Waals surface area contributed by atoms with E-state index in [1.807, 2.05) is 6.92 Å². The van der Waals surface area contributed by atoms with Gasteiger partial charge in [-0.15, -0.1) is 0 Å². The molecule has 1 aromatic rings. The molecule has 110 valence electrons. The largest absolute Gasteiger partial charge is 0.496 e. The van der Waals surface area contributed by atoms with Crippen molar-refractivity contribution in [3.8, 4) is 11.5 Å². The number of hydrogen-bond acceptors (Lipinski definition) is 6. The highest BCUT2D eigenvalue weighted by atomic mass is 16.7. The van der Waals surface area contributed by atoms with Gasteiger partial charge in [0, 0.05) is 23.8 Å². The lowest BCUT2D eigenvalue weighted by atomic mass is 9.96. The van der Waals surface area contributed by atoms with Crippen molar-refractivity contribution in [1.82, 2.24) is 0 Å². The summed E-state index contributed by atoms with van der Waals surface area (Å²) in [6.45, 7) is 2.14. The molecule has 1 heterocycles. The molecule has 6 heteroatoms. The van der Waals surface area contributed by atoms with E-state index in [4.69, 9.17) is 23.7 Å². The van der Waals surface area contributed by atoms with Crippen LogP contribution in [0.4, 0.5) is 0 Å². The van der Waals surface area contributed by atoms with Crippen LogP contribution in [0.15, 0.2) is 0 Å². The summed E-state index contributed by atoms with van der Waals surface area (Å²) >= 11 is 0. The molecular weight excluding hydrogens is 264 g/mol. The minimum absolute atomic E-state index is 0.311. The molecule has 1 unspecified atom stereocenters. The molecular formula is C14H18O6. The minimum Gasteiger partial charge on any atom is -0.496 e. The van der Waals surface area contributed by atoms with Gasteiger partial charge in [-0.05, 0) is 6.92 Å². The van der Waals surface area contributed by atoms with Gasteiger partial charge in [0.05, 0.1) is 27.9 Å². The predicted octanol–water partition coefficient (Wildman–Crippen LogP) is 1.97. The van der Waals surface area contributed by atoms with Gasteiger partial charge in [-0.1, -0.05) is 0 Å². The maximum Gasteiger partial charge on any atom is 0.342 e. The zero-order chi connectivity index (χ0) is 14.9. The molecule has 0 N–H and O–H groups in total. The van der Waals surface area contributed by atoms with Crippen LogP contribution in [-0.4, -0.2) is 34.4 Å². The molecule has 0 bridgehead atoms. The molecule has 1 atom stereocenters. The van der Waals surface area contributed by atoms with Crippen molar-refractivity contribution in [2.24, 2.45) is 0 Å².